The normalized spacial score (nSPS) is 8.22. The van der Waals surface area contributed by atoms with E-state index in [4.69, 9.17) is 14.6 Å². The molecule has 1 N–H and O–H groups in total. The molecule has 54 valence electrons. The Morgan fingerprint density at radius 2 is 2.11 bits per heavy atom. The van der Waals surface area contributed by atoms with Crippen LogP contribution in [0.5, 0.6) is 0 Å². The van der Waals surface area contributed by atoms with Gasteiger partial charge in [-0.15, -0.1) is 0 Å². The number of rotatable bonds is 3. The lowest BCUT2D eigenvalue weighted by Crippen LogP contribution is -1.93. The summed E-state index contributed by atoms with van der Waals surface area (Å²) in [4.78, 5) is 8.35. The molecule has 9 heavy (non-hydrogen) atoms. The fourth-order valence-corrected chi connectivity index (χ4v) is 0.866. The van der Waals surface area contributed by atoms with E-state index in [1.54, 1.807) is 0 Å². The highest BCUT2D eigenvalue weighted by Gasteiger charge is 1.75. The number of carbonyl (C=O) groups excluding carboxylic acids is 1. The van der Waals surface area contributed by atoms with Crippen molar-refractivity contribution in [3.05, 3.63) is 0 Å². The molecule has 0 aliphatic carbocycles. The molecule has 3 nitrogen and oxygen atoms in total. The van der Waals surface area contributed by atoms with Crippen molar-refractivity contribution in [2.24, 2.45) is 0 Å². The second-order valence-electron chi connectivity index (χ2n) is 1.30. The first-order chi connectivity index (χ1) is 4.33. The lowest BCUT2D eigenvalue weighted by atomic mass is 10.9. The predicted octanol–water partition coefficient (Wildman–Crippen LogP) is 0.446. The molecule has 0 rings (SSSR count). The molecule has 0 amide bonds. The fourth-order valence-electron chi connectivity index (χ4n) is 0.289. The molecule has 0 unspecified atom stereocenters. The molecule has 0 aliphatic rings. The van der Waals surface area contributed by atoms with Gasteiger partial charge in [-0.05, 0) is 13.0 Å². The average molecular weight is 147 g/mol. The number of hydrogen-bond donors (Lipinski definition) is 1. The van der Waals surface area contributed by atoms with Crippen LogP contribution >= 0.6 is 0 Å². The second-order valence-corrected chi connectivity index (χ2v) is 3.12. The van der Waals surface area contributed by atoms with Crippen LogP contribution in [0.25, 0.3) is 0 Å². The van der Waals surface area contributed by atoms with Crippen molar-refractivity contribution in [2.45, 2.75) is 19.9 Å². The third-order valence-electron chi connectivity index (χ3n) is 0.553. The third kappa shape index (κ3) is 35.7. The van der Waals surface area contributed by atoms with E-state index in [0.29, 0.717) is 0 Å². The van der Waals surface area contributed by atoms with Crippen LogP contribution in [0.2, 0.25) is 6.04 Å². The number of nitrogens with one attached hydrogen (secondary N) is 1. The Hall–Kier alpha value is -0.443. The zero-order valence-electron chi connectivity index (χ0n) is 5.94. The molecule has 0 heterocycles. The summed E-state index contributed by atoms with van der Waals surface area (Å²) < 4.78 is 5.12. The van der Waals surface area contributed by atoms with Gasteiger partial charge in [-0.2, -0.15) is 0 Å². The summed E-state index contributed by atoms with van der Waals surface area (Å²) in [6.07, 6.45) is 0.750. The molecule has 4 heteroatoms. The largest absolute Gasteiger partial charge is 0.424 e. The van der Waals surface area contributed by atoms with E-state index < -0.39 is 0 Å². The van der Waals surface area contributed by atoms with Gasteiger partial charge in [0.1, 0.15) is 0 Å². The van der Waals surface area contributed by atoms with Crippen LogP contribution in [0.4, 0.5) is 0 Å². The predicted molar refractivity (Wildman–Crippen MR) is 39.1 cm³/mol. The Bertz CT molecular complexity index is 67.4. The third-order valence-corrected chi connectivity index (χ3v) is 1.66. The van der Waals surface area contributed by atoms with Gasteiger partial charge in [-0.3, -0.25) is 0 Å². The summed E-state index contributed by atoms with van der Waals surface area (Å²) in [6, 6.07) is 1.27. The van der Waals surface area contributed by atoms with Crippen molar-refractivity contribution in [3.63, 3.8) is 0 Å². The van der Waals surface area contributed by atoms with Crippen LogP contribution < -0.4 is 0 Å². The van der Waals surface area contributed by atoms with E-state index in [1.165, 1.54) is 6.04 Å². The molecule has 0 bridgehead atoms. The maximum Gasteiger partial charge on any atom is 0.231 e. The summed E-state index contributed by atoms with van der Waals surface area (Å²) in [5.74, 6) is 0. The summed E-state index contributed by atoms with van der Waals surface area (Å²) in [5.41, 5.74) is 0. The Balaban J connectivity index is 0. The summed E-state index contributed by atoms with van der Waals surface area (Å²) in [5, 5.41) is 5.40. The maximum atomic E-state index is 8.35. The summed E-state index contributed by atoms with van der Waals surface area (Å²) in [6.45, 7) is 5.13. The maximum absolute atomic E-state index is 8.35. The second kappa shape index (κ2) is 15.6. The van der Waals surface area contributed by atoms with Crippen molar-refractivity contribution >= 4 is 15.8 Å². The minimum Gasteiger partial charge on any atom is -0.424 e. The van der Waals surface area contributed by atoms with Gasteiger partial charge < -0.3 is 4.43 Å². The Morgan fingerprint density at radius 1 is 1.67 bits per heavy atom. The molecule has 0 saturated heterocycles. The first kappa shape index (κ1) is 11.4. The highest BCUT2D eigenvalue weighted by Crippen LogP contribution is 1.73. The average Bonchev–Trinajstić information content (AvgIpc) is 1.86. The van der Waals surface area contributed by atoms with Crippen LogP contribution in [-0.4, -0.2) is 22.4 Å². The smallest absolute Gasteiger partial charge is 0.231 e. The van der Waals surface area contributed by atoms with Gasteiger partial charge in [0.2, 0.25) is 6.08 Å². The lowest BCUT2D eigenvalue weighted by Gasteiger charge is -1.90. The van der Waals surface area contributed by atoms with E-state index in [9.17, 15) is 0 Å². The van der Waals surface area contributed by atoms with Gasteiger partial charge in [0, 0.05) is 6.61 Å². The fraction of sp³-hybridized carbons (Fsp3) is 0.800. The number of isocyanates is 1. The van der Waals surface area contributed by atoms with Crippen molar-refractivity contribution in [1.82, 2.24) is 0 Å². The van der Waals surface area contributed by atoms with E-state index in [2.05, 4.69) is 6.92 Å². The summed E-state index contributed by atoms with van der Waals surface area (Å²) >= 11 is 0. The van der Waals surface area contributed by atoms with Crippen molar-refractivity contribution in [2.75, 3.05) is 6.61 Å². The van der Waals surface area contributed by atoms with Crippen LogP contribution in [0.15, 0.2) is 0 Å². The van der Waals surface area contributed by atoms with Gasteiger partial charge in [-0.25, -0.2) is 10.2 Å². The molecule has 0 aromatic carbocycles. The molecular formula is C5H13NO2Si. The van der Waals surface area contributed by atoms with Gasteiger partial charge in [0.05, 0.1) is 0 Å². The standard InChI is InChI=1S/C4H12OSi.CHNO/c1-3-5-6-4-2;2-1-3/h3-4,6H2,1-2H3;2H. The molecule has 0 atom stereocenters. The minimum absolute atomic E-state index is 0.0783. The quantitative estimate of drug-likeness (QED) is 0.273. The van der Waals surface area contributed by atoms with Crippen molar-refractivity contribution in [1.29, 1.82) is 5.41 Å². The molecule has 0 fully saturated rings. The molecule has 0 saturated carbocycles. The van der Waals surface area contributed by atoms with E-state index in [0.717, 1.165) is 12.7 Å². The molecular weight excluding hydrogens is 134 g/mol. The number of hydrogen-bond acceptors (Lipinski definition) is 3. The Morgan fingerprint density at radius 3 is 2.22 bits per heavy atom. The minimum atomic E-state index is -0.0783. The lowest BCUT2D eigenvalue weighted by molar-refractivity contribution is 0.361. The summed E-state index contributed by atoms with van der Waals surface area (Å²) in [7, 11) is -0.0783. The monoisotopic (exact) mass is 147 g/mol. The zero-order chi connectivity index (χ0) is 7.54. The highest BCUT2D eigenvalue weighted by molar-refractivity contribution is 6.26. The topological polar surface area (TPSA) is 50.1 Å². The van der Waals surface area contributed by atoms with Crippen LogP contribution in [0, 0.1) is 5.41 Å². The van der Waals surface area contributed by atoms with E-state index in [1.807, 2.05) is 6.92 Å². The van der Waals surface area contributed by atoms with E-state index in [-0.39, 0.29) is 9.76 Å². The van der Waals surface area contributed by atoms with Crippen molar-refractivity contribution in [3.8, 4) is 0 Å². The van der Waals surface area contributed by atoms with Crippen LogP contribution in [0.3, 0.4) is 0 Å². The van der Waals surface area contributed by atoms with Gasteiger partial charge in [0.25, 0.3) is 0 Å². The molecule has 0 aromatic heterocycles. The van der Waals surface area contributed by atoms with Crippen LogP contribution in [0.1, 0.15) is 13.8 Å². The molecule has 0 radical (unpaired) electrons. The Labute approximate surface area is 57.9 Å². The molecule has 0 spiro atoms. The molecule has 0 aliphatic heterocycles. The first-order valence-corrected chi connectivity index (χ1v) is 4.52. The van der Waals surface area contributed by atoms with Crippen LogP contribution in [-0.2, 0) is 9.22 Å². The zero-order valence-corrected chi connectivity index (χ0v) is 7.35. The SMILES string of the molecule is CCO[SiH2]CC.N=C=O. The first-order valence-electron chi connectivity index (χ1n) is 2.95. The molecule has 0 aromatic rings. The highest BCUT2D eigenvalue weighted by atomic mass is 28.2. The van der Waals surface area contributed by atoms with Gasteiger partial charge in [0.15, 0.2) is 9.76 Å². The van der Waals surface area contributed by atoms with Gasteiger partial charge in [-0.1, -0.05) is 6.92 Å². The van der Waals surface area contributed by atoms with Crippen molar-refractivity contribution < 1.29 is 9.22 Å². The van der Waals surface area contributed by atoms with E-state index >= 15 is 0 Å². The van der Waals surface area contributed by atoms with Gasteiger partial charge >= 0.3 is 0 Å². The Kier molecular flexibility index (Phi) is 19.8.